The molecule has 13 nitrogen and oxygen atoms in total. The van der Waals surface area contributed by atoms with Gasteiger partial charge in [-0.1, -0.05) is 13.8 Å². The Labute approximate surface area is 305 Å². The van der Waals surface area contributed by atoms with Gasteiger partial charge in [0.15, 0.2) is 29.4 Å². The SMILES string of the molecule is CN(C)CCCOC1C(C(O)CO)OC2OC(C)(C)OC21.COc1cc2c(cc1OC)C1C(=O)c3ccc4c(c3OC1CO2)CC(C(C)C)O4.Cl. The summed E-state index contributed by atoms with van der Waals surface area (Å²) in [7, 11) is 7.16. The fourth-order valence-electron chi connectivity index (χ4n) is 7.17. The highest BCUT2D eigenvalue weighted by Gasteiger charge is 2.57. The molecule has 0 amide bonds. The number of halogens is 1. The molecule has 284 valence electrons. The van der Waals surface area contributed by atoms with Crippen molar-refractivity contribution in [3.63, 3.8) is 0 Å². The van der Waals surface area contributed by atoms with E-state index in [9.17, 15) is 9.90 Å². The number of rotatable bonds is 10. The van der Waals surface area contributed by atoms with Crippen LogP contribution >= 0.6 is 12.4 Å². The van der Waals surface area contributed by atoms with Crippen LogP contribution in [0.1, 0.15) is 61.5 Å². The summed E-state index contributed by atoms with van der Waals surface area (Å²) in [5, 5.41) is 19.0. The van der Waals surface area contributed by atoms with Gasteiger partial charge in [-0.15, -0.1) is 12.4 Å². The molecule has 0 bridgehead atoms. The van der Waals surface area contributed by atoms with Crippen LogP contribution < -0.4 is 23.7 Å². The van der Waals surface area contributed by atoms with Gasteiger partial charge in [-0.25, -0.2) is 0 Å². The lowest BCUT2D eigenvalue weighted by Gasteiger charge is -2.37. The zero-order valence-corrected chi connectivity index (χ0v) is 31.4. The number of methoxy groups -OCH3 is 2. The molecule has 2 N–H and O–H groups in total. The maximum absolute atomic E-state index is 13.5. The molecule has 7 rings (SSSR count). The predicted octanol–water partition coefficient (Wildman–Crippen LogP) is 3.76. The van der Waals surface area contributed by atoms with Crippen LogP contribution in [0.15, 0.2) is 24.3 Å². The molecular formula is C37H52ClNO12. The molecule has 2 aromatic carbocycles. The number of carbonyl (C=O) groups is 1. The van der Waals surface area contributed by atoms with Gasteiger partial charge in [0.05, 0.1) is 32.3 Å². The average molecular weight is 738 g/mol. The van der Waals surface area contributed by atoms with Gasteiger partial charge in [0.2, 0.25) is 0 Å². The highest BCUT2D eigenvalue weighted by atomic mass is 35.5. The maximum Gasteiger partial charge on any atom is 0.190 e. The van der Waals surface area contributed by atoms with Crippen LogP contribution in [-0.2, 0) is 25.4 Å². The first-order valence-corrected chi connectivity index (χ1v) is 17.3. The van der Waals surface area contributed by atoms with Gasteiger partial charge >= 0.3 is 0 Å². The lowest BCUT2D eigenvalue weighted by Crippen LogP contribution is -2.44. The molecule has 2 fully saturated rings. The highest BCUT2D eigenvalue weighted by molar-refractivity contribution is 6.06. The molecule has 8 atom stereocenters. The molecule has 0 aliphatic carbocycles. The van der Waals surface area contributed by atoms with E-state index in [0.717, 1.165) is 36.3 Å². The minimum absolute atomic E-state index is 0. The third-order valence-corrected chi connectivity index (χ3v) is 9.74. The molecule has 2 saturated heterocycles. The summed E-state index contributed by atoms with van der Waals surface area (Å²) in [5.74, 6) is 2.51. The number of ketones is 1. The summed E-state index contributed by atoms with van der Waals surface area (Å²) >= 11 is 0. The van der Waals surface area contributed by atoms with Crippen molar-refractivity contribution in [1.82, 2.24) is 4.90 Å². The Morgan fingerprint density at radius 1 is 1.04 bits per heavy atom. The standard InChI is InChI=1S/C23H24O6.C14H27NO6.ClH/c1-11(2)16-8-14-15(28-16)6-5-12-22(24)21-13-7-18(25-3)19(26-4)9-17(13)27-10-20(21)29-23(12)14;1-14(2)20-12-11(18-7-5-6-15(3)4)10(9(17)8-16)19-13(12)21-14;/h5-7,9,11,16,20-21H,8,10H2,1-4H3;9-13,16-17H,5-8H2,1-4H3;1H. The Bertz CT molecular complexity index is 1540. The Hall–Kier alpha value is -2.88. The molecule has 5 aliphatic heterocycles. The Kier molecular flexibility index (Phi) is 12.3. The van der Waals surface area contributed by atoms with Crippen molar-refractivity contribution in [2.45, 2.75) is 95.2 Å². The molecule has 0 radical (unpaired) electrons. The van der Waals surface area contributed by atoms with Gasteiger partial charge in [0.1, 0.15) is 60.5 Å². The van der Waals surface area contributed by atoms with Crippen molar-refractivity contribution >= 4 is 18.2 Å². The van der Waals surface area contributed by atoms with Gasteiger partial charge in [-0.2, -0.15) is 0 Å². The van der Waals surface area contributed by atoms with E-state index in [2.05, 4.69) is 18.7 Å². The lowest BCUT2D eigenvalue weighted by molar-refractivity contribution is -0.231. The number of fused-ring (bicyclic) bond motifs is 7. The van der Waals surface area contributed by atoms with Gasteiger partial charge in [-0.3, -0.25) is 4.79 Å². The molecule has 2 aromatic rings. The molecule has 5 aliphatic rings. The second-order valence-electron chi connectivity index (χ2n) is 14.4. The van der Waals surface area contributed by atoms with E-state index in [4.69, 9.17) is 47.7 Å². The van der Waals surface area contributed by atoms with Crippen molar-refractivity contribution in [2.75, 3.05) is 54.7 Å². The summed E-state index contributed by atoms with van der Waals surface area (Å²) < 4.78 is 52.2. The first kappa shape index (κ1) is 39.3. The van der Waals surface area contributed by atoms with Crippen LogP contribution in [0.4, 0.5) is 0 Å². The minimum Gasteiger partial charge on any atom is -0.493 e. The van der Waals surface area contributed by atoms with Crippen LogP contribution in [-0.4, -0.2) is 124 Å². The Balaban J connectivity index is 0.000000205. The van der Waals surface area contributed by atoms with Gasteiger partial charge < -0.3 is 57.7 Å². The van der Waals surface area contributed by atoms with Gasteiger partial charge in [0.25, 0.3) is 0 Å². The lowest BCUT2D eigenvalue weighted by atomic mass is 9.81. The molecule has 0 saturated carbocycles. The summed E-state index contributed by atoms with van der Waals surface area (Å²) in [6, 6.07) is 7.32. The number of carbonyl (C=O) groups excluding carboxylic acids is 1. The van der Waals surface area contributed by atoms with E-state index in [-0.39, 0.29) is 43.1 Å². The number of aliphatic hydroxyl groups excluding tert-OH is 2. The monoisotopic (exact) mass is 737 g/mol. The van der Waals surface area contributed by atoms with Gasteiger partial charge in [0, 0.05) is 30.2 Å². The van der Waals surface area contributed by atoms with Crippen LogP contribution in [0.25, 0.3) is 0 Å². The van der Waals surface area contributed by atoms with E-state index in [1.807, 2.05) is 46.1 Å². The number of aliphatic hydroxyl groups is 2. The first-order valence-electron chi connectivity index (χ1n) is 17.3. The second kappa shape index (κ2) is 16.0. The number of hydrogen-bond acceptors (Lipinski definition) is 13. The third-order valence-electron chi connectivity index (χ3n) is 9.74. The van der Waals surface area contributed by atoms with Crippen LogP contribution in [0.3, 0.4) is 0 Å². The van der Waals surface area contributed by atoms with Crippen molar-refractivity contribution in [3.05, 3.63) is 41.0 Å². The molecule has 0 spiro atoms. The zero-order chi connectivity index (χ0) is 35.9. The molecule has 14 heteroatoms. The summed E-state index contributed by atoms with van der Waals surface area (Å²) in [5.41, 5.74) is 2.37. The zero-order valence-electron chi connectivity index (χ0n) is 30.6. The molecular weight excluding hydrogens is 686 g/mol. The van der Waals surface area contributed by atoms with E-state index in [1.165, 1.54) is 0 Å². The predicted molar refractivity (Wildman–Crippen MR) is 188 cm³/mol. The summed E-state index contributed by atoms with van der Waals surface area (Å²) in [6.07, 6.45) is -1.70. The quantitative estimate of drug-likeness (QED) is 0.342. The number of benzene rings is 2. The molecule has 0 aromatic heterocycles. The minimum atomic E-state index is -1.01. The summed E-state index contributed by atoms with van der Waals surface area (Å²) in [4.78, 5) is 15.6. The number of hydrogen-bond donors (Lipinski definition) is 2. The largest absolute Gasteiger partial charge is 0.493 e. The van der Waals surface area contributed by atoms with E-state index in [0.29, 0.717) is 47.7 Å². The Morgan fingerprint density at radius 3 is 2.43 bits per heavy atom. The fourth-order valence-corrected chi connectivity index (χ4v) is 7.17. The van der Waals surface area contributed by atoms with Gasteiger partial charge in [-0.05, 0) is 65.0 Å². The molecule has 8 unspecified atom stereocenters. The van der Waals surface area contributed by atoms with Crippen molar-refractivity contribution < 1.29 is 57.6 Å². The van der Waals surface area contributed by atoms with Crippen LogP contribution in [0.2, 0.25) is 0 Å². The van der Waals surface area contributed by atoms with E-state index < -0.39 is 36.3 Å². The number of Topliss-reactive ketones (excluding diaryl/α,β-unsaturated/α-hetero) is 1. The summed E-state index contributed by atoms with van der Waals surface area (Å²) in [6.45, 7) is 9.27. The fraction of sp³-hybridized carbons (Fsp3) is 0.649. The van der Waals surface area contributed by atoms with Crippen molar-refractivity contribution in [2.24, 2.45) is 5.92 Å². The van der Waals surface area contributed by atoms with Crippen molar-refractivity contribution in [1.29, 1.82) is 0 Å². The van der Waals surface area contributed by atoms with Crippen LogP contribution in [0.5, 0.6) is 28.7 Å². The van der Waals surface area contributed by atoms with Crippen LogP contribution in [0, 0.1) is 5.92 Å². The molecule has 5 heterocycles. The van der Waals surface area contributed by atoms with Crippen molar-refractivity contribution in [3.8, 4) is 28.7 Å². The normalized spacial score (nSPS) is 28.4. The number of nitrogens with zero attached hydrogens (tertiary/aromatic N) is 1. The molecule has 51 heavy (non-hydrogen) atoms. The second-order valence-corrected chi connectivity index (χ2v) is 14.4. The number of ether oxygens (including phenoxy) is 9. The average Bonchev–Trinajstić information content (AvgIpc) is 3.76. The Morgan fingerprint density at radius 2 is 1.76 bits per heavy atom. The van der Waals surface area contributed by atoms with E-state index >= 15 is 0 Å². The highest BCUT2D eigenvalue weighted by Crippen LogP contribution is 2.50. The smallest absolute Gasteiger partial charge is 0.190 e. The topological polar surface area (TPSA) is 144 Å². The third kappa shape index (κ3) is 7.91. The first-order chi connectivity index (χ1) is 23.8. The van der Waals surface area contributed by atoms with E-state index in [1.54, 1.807) is 20.3 Å². The maximum atomic E-state index is 13.5.